The second-order valence-corrected chi connectivity index (χ2v) is 11.7. The Bertz CT molecular complexity index is 1300. The minimum Gasteiger partial charge on any atom is -0.445 e. The molecule has 0 aromatic heterocycles. The van der Waals surface area contributed by atoms with Crippen LogP contribution in [0.25, 0.3) is 6.08 Å². The first-order valence-electron chi connectivity index (χ1n) is 15.6. The van der Waals surface area contributed by atoms with E-state index in [1.807, 2.05) is 88.4 Å². The molecule has 0 aliphatic rings. The molecule has 4 amide bonds. The molecular weight excluding hydrogens is 586 g/mol. The van der Waals surface area contributed by atoms with E-state index >= 15 is 0 Å². The van der Waals surface area contributed by atoms with Crippen molar-refractivity contribution in [3.05, 3.63) is 77.9 Å². The van der Waals surface area contributed by atoms with Crippen LogP contribution in [0.4, 0.5) is 4.79 Å². The molecule has 8 N–H and O–H groups in total. The van der Waals surface area contributed by atoms with Gasteiger partial charge in [-0.25, -0.2) is 4.79 Å². The molecule has 250 valence electrons. The molecule has 0 aliphatic carbocycles. The van der Waals surface area contributed by atoms with Crippen LogP contribution >= 0.6 is 0 Å². The van der Waals surface area contributed by atoms with Crippen molar-refractivity contribution in [2.24, 2.45) is 28.3 Å². The number of ether oxygens (including phenoxy) is 1. The largest absolute Gasteiger partial charge is 0.445 e. The van der Waals surface area contributed by atoms with E-state index in [4.69, 9.17) is 16.2 Å². The summed E-state index contributed by atoms with van der Waals surface area (Å²) in [6.45, 7) is 8.24. The topological polar surface area (TPSA) is 190 Å². The number of carbonyl (C=O) groups excluding carboxylic acids is 4. The van der Waals surface area contributed by atoms with Gasteiger partial charge in [-0.3, -0.25) is 19.4 Å². The van der Waals surface area contributed by atoms with Crippen molar-refractivity contribution in [1.82, 2.24) is 21.3 Å². The number of benzene rings is 2. The summed E-state index contributed by atoms with van der Waals surface area (Å²) in [5.41, 5.74) is 12.5. The Morgan fingerprint density at radius 1 is 0.848 bits per heavy atom. The molecule has 0 heterocycles. The first-order valence-corrected chi connectivity index (χ1v) is 15.6. The lowest BCUT2D eigenvalue weighted by atomic mass is 9.99. The third-order valence-electron chi connectivity index (χ3n) is 6.96. The Morgan fingerprint density at radius 3 is 2.09 bits per heavy atom. The summed E-state index contributed by atoms with van der Waals surface area (Å²) in [7, 11) is 0. The predicted molar refractivity (Wildman–Crippen MR) is 180 cm³/mol. The summed E-state index contributed by atoms with van der Waals surface area (Å²) >= 11 is 0. The molecule has 0 spiro atoms. The first-order chi connectivity index (χ1) is 21.9. The number of aliphatic imine (C=N–C) groups is 1. The molecule has 0 aliphatic heterocycles. The van der Waals surface area contributed by atoms with E-state index in [0.29, 0.717) is 12.8 Å². The van der Waals surface area contributed by atoms with Gasteiger partial charge in [-0.15, -0.1) is 0 Å². The fraction of sp³-hybridized carbons (Fsp3) is 0.441. The van der Waals surface area contributed by atoms with Crippen molar-refractivity contribution in [2.75, 3.05) is 13.1 Å². The molecule has 3 atom stereocenters. The number of nitrogens with one attached hydrogen (secondary N) is 4. The predicted octanol–water partition coefficient (Wildman–Crippen LogP) is 2.84. The normalized spacial score (nSPS) is 13.0. The Kier molecular flexibility index (Phi) is 16.4. The van der Waals surface area contributed by atoms with Crippen molar-refractivity contribution in [3.63, 3.8) is 0 Å². The number of alkyl carbamates (subject to hydrolysis) is 1. The molecule has 0 fully saturated rings. The van der Waals surface area contributed by atoms with E-state index in [2.05, 4.69) is 26.3 Å². The van der Waals surface area contributed by atoms with E-state index < -0.39 is 30.1 Å². The van der Waals surface area contributed by atoms with Gasteiger partial charge in [0.2, 0.25) is 17.7 Å². The fourth-order valence-corrected chi connectivity index (χ4v) is 4.40. The number of carbonyl (C=O) groups is 4. The molecule has 0 saturated heterocycles. The molecule has 12 nitrogen and oxygen atoms in total. The molecule has 46 heavy (non-hydrogen) atoms. The molecule has 0 radical (unpaired) electrons. The third-order valence-corrected chi connectivity index (χ3v) is 6.96. The maximum absolute atomic E-state index is 13.5. The van der Waals surface area contributed by atoms with E-state index in [9.17, 15) is 19.2 Å². The second-order valence-electron chi connectivity index (χ2n) is 11.7. The van der Waals surface area contributed by atoms with Crippen molar-refractivity contribution in [2.45, 2.75) is 71.7 Å². The summed E-state index contributed by atoms with van der Waals surface area (Å²) in [5, 5.41) is 11.3. The van der Waals surface area contributed by atoms with Crippen LogP contribution in [0, 0.1) is 11.8 Å². The number of rotatable bonds is 18. The van der Waals surface area contributed by atoms with Crippen molar-refractivity contribution in [1.29, 1.82) is 0 Å². The minimum atomic E-state index is -1.00. The summed E-state index contributed by atoms with van der Waals surface area (Å²) in [6.07, 6.45) is 3.34. The lowest BCUT2D eigenvalue weighted by molar-refractivity contribution is -0.131. The average molecular weight is 636 g/mol. The Balaban J connectivity index is 2.06. The van der Waals surface area contributed by atoms with Crippen molar-refractivity contribution >= 4 is 35.9 Å². The van der Waals surface area contributed by atoms with Gasteiger partial charge in [0.15, 0.2) is 5.96 Å². The summed E-state index contributed by atoms with van der Waals surface area (Å²) < 4.78 is 5.32. The average Bonchev–Trinajstić information content (AvgIpc) is 3.02. The fourth-order valence-electron chi connectivity index (χ4n) is 4.40. The lowest BCUT2D eigenvalue weighted by Gasteiger charge is -2.28. The zero-order valence-corrected chi connectivity index (χ0v) is 27.2. The van der Waals surface area contributed by atoms with Crippen molar-refractivity contribution < 1.29 is 23.9 Å². The highest BCUT2D eigenvalue weighted by atomic mass is 16.5. The van der Waals surface area contributed by atoms with Crippen LogP contribution in [0.15, 0.2) is 71.7 Å². The second kappa shape index (κ2) is 20.2. The zero-order chi connectivity index (χ0) is 33.9. The van der Waals surface area contributed by atoms with Crippen LogP contribution < -0.4 is 32.7 Å². The van der Waals surface area contributed by atoms with Crippen LogP contribution in [0.2, 0.25) is 0 Å². The monoisotopic (exact) mass is 635 g/mol. The first kappa shape index (κ1) is 37.3. The molecule has 2 rings (SSSR count). The van der Waals surface area contributed by atoms with Gasteiger partial charge in [0, 0.05) is 25.2 Å². The minimum absolute atomic E-state index is 0.0120. The summed E-state index contributed by atoms with van der Waals surface area (Å²) in [5.74, 6) is -1.23. The molecular formula is C34H49N7O5. The highest BCUT2D eigenvalue weighted by Crippen LogP contribution is 2.10. The Morgan fingerprint density at radius 2 is 1.48 bits per heavy atom. The smallest absolute Gasteiger partial charge is 0.408 e. The van der Waals surface area contributed by atoms with Crippen LogP contribution in [-0.4, -0.2) is 61.0 Å². The highest BCUT2D eigenvalue weighted by Gasteiger charge is 2.29. The van der Waals surface area contributed by atoms with E-state index in [1.165, 1.54) is 6.08 Å². The molecule has 2 aromatic carbocycles. The molecule has 3 unspecified atom stereocenters. The summed E-state index contributed by atoms with van der Waals surface area (Å²) in [6, 6.07) is 16.3. The van der Waals surface area contributed by atoms with Gasteiger partial charge in [-0.05, 0) is 48.3 Å². The van der Waals surface area contributed by atoms with Crippen LogP contribution in [0.5, 0.6) is 0 Å². The summed E-state index contributed by atoms with van der Waals surface area (Å²) in [4.78, 5) is 56.0. The van der Waals surface area contributed by atoms with Gasteiger partial charge in [0.25, 0.3) is 0 Å². The van der Waals surface area contributed by atoms with Gasteiger partial charge in [0.05, 0.1) is 0 Å². The standard InChI is InChI=1S/C34H49N7O5/c1-23(2)20-28(32(44)40-29(24(3)4)21-38-30(42)18-17-25-12-7-5-8-13-25)39-31(43)27(16-11-19-37-33(35)36)41-34(45)46-22-26-14-9-6-10-15-26/h5-10,12-15,17-18,23-24,27-29H,11,16,19-22H2,1-4H3,(H,38,42)(H,39,43)(H,40,44)(H,41,45)(H4,35,36,37). The number of nitrogens with two attached hydrogens (primary N) is 2. The van der Waals surface area contributed by atoms with Gasteiger partial charge in [-0.1, -0.05) is 88.4 Å². The van der Waals surface area contributed by atoms with Gasteiger partial charge >= 0.3 is 6.09 Å². The highest BCUT2D eigenvalue weighted by molar-refractivity contribution is 5.92. The van der Waals surface area contributed by atoms with Crippen molar-refractivity contribution in [3.8, 4) is 0 Å². The molecule has 12 heteroatoms. The number of hydrogen-bond acceptors (Lipinski definition) is 6. The van der Waals surface area contributed by atoms with Crippen LogP contribution in [0.3, 0.4) is 0 Å². The van der Waals surface area contributed by atoms with Gasteiger partial charge < -0.3 is 37.5 Å². The Labute approximate surface area is 271 Å². The number of amides is 4. The molecule has 2 aromatic rings. The lowest BCUT2D eigenvalue weighted by Crippen LogP contribution is -2.57. The maximum Gasteiger partial charge on any atom is 0.408 e. The molecule has 0 bridgehead atoms. The molecule has 0 saturated carbocycles. The van der Waals surface area contributed by atoms with Gasteiger partial charge in [-0.2, -0.15) is 0 Å². The van der Waals surface area contributed by atoms with E-state index in [1.54, 1.807) is 6.08 Å². The van der Waals surface area contributed by atoms with Crippen LogP contribution in [-0.2, 0) is 25.7 Å². The number of hydrogen-bond donors (Lipinski definition) is 6. The van der Waals surface area contributed by atoms with E-state index in [-0.39, 0.29) is 55.7 Å². The quantitative estimate of drug-likeness (QED) is 0.0628. The number of guanidine groups is 1. The maximum atomic E-state index is 13.5. The van der Waals surface area contributed by atoms with Gasteiger partial charge in [0.1, 0.15) is 18.7 Å². The third kappa shape index (κ3) is 15.2. The van der Waals surface area contributed by atoms with E-state index in [0.717, 1.165) is 11.1 Å². The van der Waals surface area contributed by atoms with Crippen LogP contribution in [0.1, 0.15) is 58.1 Å². The number of nitrogens with zero attached hydrogens (tertiary/aromatic N) is 1. The Hall–Kier alpha value is -4.87. The zero-order valence-electron chi connectivity index (χ0n) is 27.2. The SMILES string of the molecule is CC(C)CC(NC(=O)C(CCCN=C(N)N)NC(=O)OCc1ccccc1)C(=O)NC(CNC(=O)C=Cc1ccccc1)C(C)C.